The molecule has 6 nitrogen and oxygen atoms in total. The van der Waals surface area contributed by atoms with E-state index in [2.05, 4.69) is 6.92 Å². The third kappa shape index (κ3) is 5.71. The van der Waals surface area contributed by atoms with Gasteiger partial charge in [0.15, 0.2) is 11.5 Å². The summed E-state index contributed by atoms with van der Waals surface area (Å²) in [5, 5.41) is 0.612. The summed E-state index contributed by atoms with van der Waals surface area (Å²) in [6.07, 6.45) is 5.04. The van der Waals surface area contributed by atoms with E-state index in [1.54, 1.807) is 43.4 Å². The summed E-state index contributed by atoms with van der Waals surface area (Å²) in [6.45, 7) is 2.83. The zero-order valence-electron chi connectivity index (χ0n) is 20.7. The van der Waals surface area contributed by atoms with Crippen LogP contribution in [0.4, 0.5) is 5.69 Å². The van der Waals surface area contributed by atoms with E-state index in [0.717, 1.165) is 36.1 Å². The van der Waals surface area contributed by atoms with Gasteiger partial charge in [0.2, 0.25) is 0 Å². The molecule has 186 valence electrons. The number of carbonyl (C=O) groups is 1. The molecule has 0 atom stereocenters. The van der Waals surface area contributed by atoms with Crippen LogP contribution in [-0.4, -0.2) is 32.6 Å². The van der Waals surface area contributed by atoms with E-state index in [9.17, 15) is 4.79 Å². The van der Waals surface area contributed by atoms with E-state index in [4.69, 9.17) is 30.8 Å². The Balaban J connectivity index is 1.67. The van der Waals surface area contributed by atoms with Crippen molar-refractivity contribution in [1.29, 1.82) is 0 Å². The third-order valence-corrected chi connectivity index (χ3v) is 6.04. The van der Waals surface area contributed by atoms with Crippen molar-refractivity contribution >= 4 is 35.1 Å². The molecule has 3 aromatic carbocycles. The van der Waals surface area contributed by atoms with Crippen molar-refractivity contribution in [1.82, 2.24) is 0 Å². The van der Waals surface area contributed by atoms with E-state index in [0.29, 0.717) is 40.3 Å². The average molecular weight is 505 g/mol. The lowest BCUT2D eigenvalue weighted by Gasteiger charge is -2.19. The highest BCUT2D eigenvalue weighted by Crippen LogP contribution is 2.32. The molecule has 0 saturated heterocycles. The van der Waals surface area contributed by atoms with Crippen LogP contribution in [0.2, 0.25) is 5.02 Å². The number of amides is 1. The van der Waals surface area contributed by atoms with Gasteiger partial charge in [-0.3, -0.25) is 9.69 Å². The van der Waals surface area contributed by atoms with Crippen LogP contribution >= 0.6 is 11.6 Å². The molecule has 0 aromatic heterocycles. The van der Waals surface area contributed by atoms with Crippen molar-refractivity contribution in [2.45, 2.75) is 26.2 Å². The molecule has 0 fully saturated rings. The SMILES string of the molecule is CCCCCOc1ccc(N2C(=O)C(=Cc3ccc(OC)c(OC)c3)N=C2c2ccc(Cl)cc2)cc1. The molecule has 0 unspecified atom stereocenters. The summed E-state index contributed by atoms with van der Waals surface area (Å²) in [5.74, 6) is 2.26. The predicted octanol–water partition coefficient (Wildman–Crippen LogP) is 6.76. The Morgan fingerprint density at radius 3 is 2.31 bits per heavy atom. The fourth-order valence-corrected chi connectivity index (χ4v) is 4.01. The number of unbranched alkanes of at least 4 members (excludes halogenated alkanes) is 2. The molecule has 0 spiro atoms. The lowest BCUT2D eigenvalue weighted by atomic mass is 10.1. The highest BCUT2D eigenvalue weighted by atomic mass is 35.5. The molecule has 0 saturated carbocycles. The van der Waals surface area contributed by atoms with Gasteiger partial charge in [0.1, 0.15) is 17.3 Å². The summed E-state index contributed by atoms with van der Waals surface area (Å²) >= 11 is 6.10. The number of ether oxygens (including phenoxy) is 3. The maximum atomic E-state index is 13.6. The topological polar surface area (TPSA) is 60.4 Å². The summed E-state index contributed by atoms with van der Waals surface area (Å²) in [5.41, 5.74) is 2.56. The molecule has 0 aliphatic carbocycles. The van der Waals surface area contributed by atoms with Gasteiger partial charge in [-0.05, 0) is 78.7 Å². The fourth-order valence-electron chi connectivity index (χ4n) is 3.88. The van der Waals surface area contributed by atoms with Crippen molar-refractivity contribution in [2.24, 2.45) is 4.99 Å². The molecule has 1 aliphatic rings. The van der Waals surface area contributed by atoms with Gasteiger partial charge in [-0.25, -0.2) is 4.99 Å². The molecule has 1 heterocycles. The standard InChI is InChI=1S/C29H29ClN2O4/c1-4-5-6-17-36-24-14-12-23(13-15-24)32-28(21-8-10-22(30)11-9-21)31-25(29(32)33)18-20-7-16-26(34-2)27(19-20)35-3/h7-16,18-19H,4-6,17H2,1-3H3. The molecule has 0 bridgehead atoms. The Morgan fingerprint density at radius 1 is 0.917 bits per heavy atom. The Labute approximate surface area is 216 Å². The van der Waals surface area contributed by atoms with Gasteiger partial charge in [0, 0.05) is 10.6 Å². The first-order valence-electron chi connectivity index (χ1n) is 11.9. The third-order valence-electron chi connectivity index (χ3n) is 5.79. The fraction of sp³-hybridized carbons (Fsp3) is 0.241. The molecular formula is C29H29ClN2O4. The normalized spacial score (nSPS) is 14.2. The van der Waals surface area contributed by atoms with Crippen molar-refractivity contribution in [3.63, 3.8) is 0 Å². The van der Waals surface area contributed by atoms with Crippen molar-refractivity contribution in [3.8, 4) is 17.2 Å². The smallest absolute Gasteiger partial charge is 0.282 e. The monoisotopic (exact) mass is 504 g/mol. The zero-order chi connectivity index (χ0) is 25.5. The highest BCUT2D eigenvalue weighted by molar-refractivity contribution is 6.34. The molecule has 3 aromatic rings. The largest absolute Gasteiger partial charge is 0.494 e. The first-order valence-corrected chi connectivity index (χ1v) is 12.3. The number of aliphatic imine (C=N–C) groups is 1. The summed E-state index contributed by atoms with van der Waals surface area (Å²) in [4.78, 5) is 19.9. The quantitative estimate of drug-likeness (QED) is 0.226. The zero-order valence-corrected chi connectivity index (χ0v) is 21.4. The Kier molecular flexibility index (Phi) is 8.28. The number of halogens is 1. The maximum Gasteiger partial charge on any atom is 0.282 e. The van der Waals surface area contributed by atoms with Gasteiger partial charge in [0.25, 0.3) is 5.91 Å². The van der Waals surface area contributed by atoms with Crippen molar-refractivity contribution in [2.75, 3.05) is 25.7 Å². The van der Waals surface area contributed by atoms with Crippen LogP contribution in [0.25, 0.3) is 6.08 Å². The summed E-state index contributed by atoms with van der Waals surface area (Å²) < 4.78 is 16.6. The van der Waals surface area contributed by atoms with Crippen LogP contribution < -0.4 is 19.1 Å². The Bertz CT molecular complexity index is 1270. The second kappa shape index (κ2) is 11.8. The van der Waals surface area contributed by atoms with E-state index in [-0.39, 0.29) is 5.91 Å². The van der Waals surface area contributed by atoms with Gasteiger partial charge < -0.3 is 14.2 Å². The molecule has 36 heavy (non-hydrogen) atoms. The van der Waals surface area contributed by atoms with Gasteiger partial charge in [-0.15, -0.1) is 0 Å². The lowest BCUT2D eigenvalue weighted by Crippen LogP contribution is -2.32. The van der Waals surface area contributed by atoms with E-state index < -0.39 is 0 Å². The van der Waals surface area contributed by atoms with E-state index >= 15 is 0 Å². The Hall–Kier alpha value is -3.77. The molecular weight excluding hydrogens is 476 g/mol. The minimum atomic E-state index is -0.230. The van der Waals surface area contributed by atoms with Crippen LogP contribution in [0, 0.1) is 0 Å². The van der Waals surface area contributed by atoms with Gasteiger partial charge in [-0.1, -0.05) is 37.4 Å². The van der Waals surface area contributed by atoms with Crippen LogP contribution in [0.5, 0.6) is 17.2 Å². The number of hydrogen-bond acceptors (Lipinski definition) is 5. The average Bonchev–Trinajstić information content (AvgIpc) is 3.22. The van der Waals surface area contributed by atoms with E-state index in [1.165, 1.54) is 0 Å². The number of amidine groups is 1. The van der Waals surface area contributed by atoms with E-state index in [1.807, 2.05) is 48.5 Å². The molecule has 1 aliphatic heterocycles. The molecule has 7 heteroatoms. The summed E-state index contributed by atoms with van der Waals surface area (Å²) in [6, 6.07) is 20.2. The Morgan fingerprint density at radius 2 is 1.64 bits per heavy atom. The van der Waals surface area contributed by atoms with Crippen LogP contribution in [0.15, 0.2) is 77.4 Å². The molecule has 0 N–H and O–H groups in total. The number of hydrogen-bond donors (Lipinski definition) is 0. The molecule has 0 radical (unpaired) electrons. The lowest BCUT2D eigenvalue weighted by molar-refractivity contribution is -0.113. The van der Waals surface area contributed by atoms with Gasteiger partial charge >= 0.3 is 0 Å². The van der Waals surface area contributed by atoms with Crippen molar-refractivity contribution in [3.05, 3.63) is 88.6 Å². The summed E-state index contributed by atoms with van der Waals surface area (Å²) in [7, 11) is 3.16. The van der Waals surface area contributed by atoms with Crippen LogP contribution in [0.1, 0.15) is 37.3 Å². The number of anilines is 1. The number of methoxy groups -OCH3 is 2. The second-order valence-electron chi connectivity index (χ2n) is 8.28. The van der Waals surface area contributed by atoms with Gasteiger partial charge in [0.05, 0.1) is 26.5 Å². The number of nitrogens with zero attached hydrogens (tertiary/aromatic N) is 2. The first-order chi connectivity index (χ1) is 17.5. The molecule has 1 amide bonds. The first kappa shape index (κ1) is 25.3. The highest BCUT2D eigenvalue weighted by Gasteiger charge is 2.32. The number of carbonyl (C=O) groups excluding carboxylic acids is 1. The minimum absolute atomic E-state index is 0.230. The number of rotatable bonds is 10. The van der Waals surface area contributed by atoms with Gasteiger partial charge in [-0.2, -0.15) is 0 Å². The maximum absolute atomic E-state index is 13.6. The van der Waals surface area contributed by atoms with Crippen LogP contribution in [0.3, 0.4) is 0 Å². The van der Waals surface area contributed by atoms with Crippen molar-refractivity contribution < 1.29 is 19.0 Å². The molecule has 4 rings (SSSR count). The number of benzene rings is 3. The minimum Gasteiger partial charge on any atom is -0.494 e. The predicted molar refractivity (Wildman–Crippen MR) is 144 cm³/mol. The second-order valence-corrected chi connectivity index (χ2v) is 8.71. The van der Waals surface area contributed by atoms with Crippen LogP contribution in [-0.2, 0) is 4.79 Å².